The lowest BCUT2D eigenvalue weighted by Gasteiger charge is -2.12. The molecule has 112 valence electrons. The van der Waals surface area contributed by atoms with Crippen LogP contribution in [0.5, 0.6) is 0 Å². The molecule has 0 spiro atoms. The number of nitrogens with one attached hydrogen (secondary N) is 2. The summed E-state index contributed by atoms with van der Waals surface area (Å²) in [6.45, 7) is 5.33. The molecular weight excluding hydrogens is 318 g/mol. The number of unbranched alkanes of at least 4 members (excludes halogenated alkanes) is 1. The van der Waals surface area contributed by atoms with Gasteiger partial charge in [0, 0.05) is 37.8 Å². The third kappa shape index (κ3) is 7.50. The molecule has 1 aromatic rings. The number of benzene rings is 1. The quantitative estimate of drug-likeness (QED) is 0.434. The minimum Gasteiger partial charge on any atom is -0.382 e. The standard InChI is InChI=1S/C15H24BrN3O/c1-3-20-11-5-4-10-18-15(17-2)19-12-13-6-8-14(16)9-7-13/h6-9H,3-5,10-12H2,1-2H3,(H2,17,18,19). The molecule has 1 rings (SSSR count). The minimum absolute atomic E-state index is 0.770. The second kappa shape index (κ2) is 10.7. The van der Waals surface area contributed by atoms with E-state index in [1.807, 2.05) is 19.1 Å². The van der Waals surface area contributed by atoms with Gasteiger partial charge in [-0.25, -0.2) is 0 Å². The van der Waals surface area contributed by atoms with Gasteiger partial charge in [0.15, 0.2) is 5.96 Å². The third-order valence-corrected chi connectivity index (χ3v) is 3.34. The molecule has 0 radical (unpaired) electrons. The van der Waals surface area contributed by atoms with Gasteiger partial charge in [0.1, 0.15) is 0 Å². The molecule has 0 aliphatic heterocycles. The number of guanidine groups is 1. The zero-order chi connectivity index (χ0) is 14.6. The van der Waals surface area contributed by atoms with E-state index in [-0.39, 0.29) is 0 Å². The number of rotatable bonds is 8. The van der Waals surface area contributed by atoms with Crippen molar-refractivity contribution in [3.05, 3.63) is 34.3 Å². The fourth-order valence-electron chi connectivity index (χ4n) is 1.69. The first-order valence-electron chi connectivity index (χ1n) is 7.03. The fraction of sp³-hybridized carbons (Fsp3) is 0.533. The molecule has 0 aliphatic carbocycles. The van der Waals surface area contributed by atoms with Crippen molar-refractivity contribution in [3.8, 4) is 0 Å². The van der Waals surface area contributed by atoms with E-state index >= 15 is 0 Å². The Morgan fingerprint density at radius 1 is 1.20 bits per heavy atom. The SMILES string of the molecule is CCOCCCCNC(=NC)NCc1ccc(Br)cc1. The number of hydrogen-bond donors (Lipinski definition) is 2. The average molecular weight is 342 g/mol. The van der Waals surface area contributed by atoms with Crippen LogP contribution in [-0.2, 0) is 11.3 Å². The third-order valence-electron chi connectivity index (χ3n) is 2.81. The summed E-state index contributed by atoms with van der Waals surface area (Å²) in [5.41, 5.74) is 1.23. The number of ether oxygens (including phenoxy) is 1. The second-order valence-electron chi connectivity index (χ2n) is 4.38. The van der Waals surface area contributed by atoms with Gasteiger partial charge in [0.05, 0.1) is 0 Å². The zero-order valence-corrected chi connectivity index (χ0v) is 13.9. The lowest BCUT2D eigenvalue weighted by atomic mass is 10.2. The van der Waals surface area contributed by atoms with Gasteiger partial charge in [0.2, 0.25) is 0 Å². The molecule has 2 N–H and O–H groups in total. The van der Waals surface area contributed by atoms with Crippen molar-refractivity contribution >= 4 is 21.9 Å². The molecule has 0 amide bonds. The van der Waals surface area contributed by atoms with Crippen molar-refractivity contribution < 1.29 is 4.74 Å². The monoisotopic (exact) mass is 341 g/mol. The topological polar surface area (TPSA) is 45.6 Å². The maximum absolute atomic E-state index is 5.30. The molecule has 0 unspecified atom stereocenters. The Morgan fingerprint density at radius 2 is 1.95 bits per heavy atom. The number of nitrogens with zero attached hydrogens (tertiary/aromatic N) is 1. The second-order valence-corrected chi connectivity index (χ2v) is 5.30. The summed E-state index contributed by atoms with van der Waals surface area (Å²) in [4.78, 5) is 4.21. The lowest BCUT2D eigenvalue weighted by molar-refractivity contribution is 0.143. The Morgan fingerprint density at radius 3 is 2.60 bits per heavy atom. The molecule has 0 aliphatic rings. The van der Waals surface area contributed by atoms with Crippen LogP contribution in [0.4, 0.5) is 0 Å². The van der Waals surface area contributed by atoms with Crippen molar-refractivity contribution in [1.82, 2.24) is 10.6 Å². The van der Waals surface area contributed by atoms with Crippen molar-refractivity contribution in [2.24, 2.45) is 4.99 Å². The van der Waals surface area contributed by atoms with Gasteiger partial charge in [-0.15, -0.1) is 0 Å². The highest BCUT2D eigenvalue weighted by Crippen LogP contribution is 2.10. The summed E-state index contributed by atoms with van der Waals surface area (Å²) in [6.07, 6.45) is 2.16. The van der Waals surface area contributed by atoms with Crippen molar-refractivity contribution in [2.45, 2.75) is 26.3 Å². The molecule has 0 bridgehead atoms. The van der Waals surface area contributed by atoms with Gasteiger partial charge in [-0.2, -0.15) is 0 Å². The van der Waals surface area contributed by atoms with Crippen LogP contribution < -0.4 is 10.6 Å². The minimum atomic E-state index is 0.770. The highest BCUT2D eigenvalue weighted by atomic mass is 79.9. The molecule has 5 heteroatoms. The normalized spacial score (nSPS) is 11.4. The van der Waals surface area contributed by atoms with Crippen molar-refractivity contribution in [3.63, 3.8) is 0 Å². The Kier molecular flexibility index (Phi) is 9.07. The van der Waals surface area contributed by atoms with E-state index in [0.717, 1.165) is 49.6 Å². The van der Waals surface area contributed by atoms with Crippen LogP contribution in [0.2, 0.25) is 0 Å². The molecule has 0 aromatic heterocycles. The molecule has 4 nitrogen and oxygen atoms in total. The molecular formula is C15H24BrN3O. The van der Waals surface area contributed by atoms with Crippen LogP contribution in [0.25, 0.3) is 0 Å². The highest BCUT2D eigenvalue weighted by molar-refractivity contribution is 9.10. The number of aliphatic imine (C=N–C) groups is 1. The van der Waals surface area contributed by atoms with Gasteiger partial charge in [-0.05, 0) is 37.5 Å². The number of halogens is 1. The van der Waals surface area contributed by atoms with Crippen LogP contribution in [0.1, 0.15) is 25.3 Å². The van der Waals surface area contributed by atoms with Crippen LogP contribution in [-0.4, -0.2) is 32.8 Å². The largest absolute Gasteiger partial charge is 0.382 e. The van der Waals surface area contributed by atoms with E-state index in [1.165, 1.54) is 5.56 Å². The Bertz CT molecular complexity index is 393. The zero-order valence-electron chi connectivity index (χ0n) is 12.3. The lowest BCUT2D eigenvalue weighted by Crippen LogP contribution is -2.37. The van der Waals surface area contributed by atoms with Gasteiger partial charge < -0.3 is 15.4 Å². The van der Waals surface area contributed by atoms with Crippen molar-refractivity contribution in [2.75, 3.05) is 26.8 Å². The van der Waals surface area contributed by atoms with Gasteiger partial charge in [0.25, 0.3) is 0 Å². The van der Waals surface area contributed by atoms with E-state index in [2.05, 4.69) is 43.7 Å². The van der Waals surface area contributed by atoms with E-state index in [0.29, 0.717) is 0 Å². The molecule has 0 atom stereocenters. The molecule has 1 aromatic carbocycles. The predicted molar refractivity (Wildman–Crippen MR) is 88.1 cm³/mol. The molecule has 0 saturated heterocycles. The molecule has 0 fully saturated rings. The Balaban J connectivity index is 2.18. The first kappa shape index (κ1) is 17.0. The smallest absolute Gasteiger partial charge is 0.191 e. The van der Waals surface area contributed by atoms with Crippen LogP contribution in [0.3, 0.4) is 0 Å². The van der Waals surface area contributed by atoms with E-state index in [9.17, 15) is 0 Å². The molecule has 0 heterocycles. The summed E-state index contributed by atoms with van der Waals surface area (Å²) in [7, 11) is 1.79. The van der Waals surface area contributed by atoms with Gasteiger partial charge in [-0.1, -0.05) is 28.1 Å². The van der Waals surface area contributed by atoms with E-state index in [1.54, 1.807) is 7.05 Å². The Hall–Kier alpha value is -1.07. The summed E-state index contributed by atoms with van der Waals surface area (Å²) >= 11 is 3.43. The summed E-state index contributed by atoms with van der Waals surface area (Å²) in [6, 6.07) is 8.26. The van der Waals surface area contributed by atoms with Gasteiger partial charge in [-0.3, -0.25) is 4.99 Å². The fourth-order valence-corrected chi connectivity index (χ4v) is 1.95. The van der Waals surface area contributed by atoms with Crippen LogP contribution in [0, 0.1) is 0 Å². The number of hydrogen-bond acceptors (Lipinski definition) is 2. The maximum Gasteiger partial charge on any atom is 0.191 e. The first-order chi connectivity index (χ1) is 9.76. The summed E-state index contributed by atoms with van der Waals surface area (Å²) in [5.74, 6) is 0.837. The van der Waals surface area contributed by atoms with Crippen LogP contribution in [0.15, 0.2) is 33.7 Å². The van der Waals surface area contributed by atoms with Crippen LogP contribution >= 0.6 is 15.9 Å². The van der Waals surface area contributed by atoms with E-state index < -0.39 is 0 Å². The maximum atomic E-state index is 5.30. The Labute approximate surface area is 130 Å². The molecule has 20 heavy (non-hydrogen) atoms. The van der Waals surface area contributed by atoms with Gasteiger partial charge >= 0.3 is 0 Å². The summed E-state index contributed by atoms with van der Waals surface area (Å²) in [5, 5.41) is 6.60. The summed E-state index contributed by atoms with van der Waals surface area (Å²) < 4.78 is 6.40. The van der Waals surface area contributed by atoms with Crippen molar-refractivity contribution in [1.29, 1.82) is 0 Å². The highest BCUT2D eigenvalue weighted by Gasteiger charge is 1.98. The van der Waals surface area contributed by atoms with E-state index in [4.69, 9.17) is 4.74 Å². The predicted octanol–water partition coefficient (Wildman–Crippen LogP) is 2.93. The first-order valence-corrected chi connectivity index (χ1v) is 7.82. The average Bonchev–Trinajstić information content (AvgIpc) is 2.47. The molecule has 0 saturated carbocycles.